The topological polar surface area (TPSA) is 37.8 Å². The fraction of sp³-hybridized carbons (Fsp3) is 0.600. The first-order valence-corrected chi connectivity index (χ1v) is 6.04. The van der Waals surface area contributed by atoms with Crippen LogP contribution >= 0.6 is 11.8 Å². The largest absolute Gasteiger partial charge is 0.369 e. The molecular weight excluding hydrogens is 194 g/mol. The van der Waals surface area contributed by atoms with Gasteiger partial charge in [0.2, 0.25) is 0 Å². The minimum Gasteiger partial charge on any atom is -0.369 e. The average molecular weight is 209 g/mol. The second-order valence-corrected chi connectivity index (χ2v) is 5.06. The van der Waals surface area contributed by atoms with Crippen molar-refractivity contribution in [2.24, 2.45) is 0 Å². The number of nitrogens with one attached hydrogen (secondary N) is 1. The van der Waals surface area contributed by atoms with Gasteiger partial charge in [-0.2, -0.15) is 11.8 Å². The van der Waals surface area contributed by atoms with Gasteiger partial charge in [0.25, 0.3) is 0 Å². The molecule has 1 aliphatic carbocycles. The van der Waals surface area contributed by atoms with Gasteiger partial charge < -0.3 is 5.32 Å². The summed E-state index contributed by atoms with van der Waals surface area (Å²) >= 11 is 1.96. The van der Waals surface area contributed by atoms with Crippen molar-refractivity contribution in [3.63, 3.8) is 0 Å². The molecule has 0 aliphatic heterocycles. The Morgan fingerprint density at radius 3 is 2.86 bits per heavy atom. The van der Waals surface area contributed by atoms with Gasteiger partial charge in [-0.3, -0.25) is 0 Å². The number of aromatic nitrogens is 2. The average Bonchev–Trinajstić information content (AvgIpc) is 2.96. The molecule has 76 valence electrons. The predicted molar refractivity (Wildman–Crippen MR) is 60.7 cm³/mol. The quantitative estimate of drug-likeness (QED) is 0.824. The molecule has 0 amide bonds. The molecule has 0 atom stereocenters. The zero-order valence-corrected chi connectivity index (χ0v) is 9.40. The highest BCUT2D eigenvalue weighted by molar-refractivity contribution is 8.00. The fourth-order valence-corrected chi connectivity index (χ4v) is 2.12. The molecule has 1 heterocycles. The molecule has 0 spiro atoms. The van der Waals surface area contributed by atoms with Crippen LogP contribution in [0, 0.1) is 6.92 Å². The highest BCUT2D eigenvalue weighted by Gasteiger charge is 2.41. The molecule has 0 radical (unpaired) electrons. The van der Waals surface area contributed by atoms with Crippen LogP contribution in [0.3, 0.4) is 0 Å². The number of aryl methyl sites for hydroxylation is 1. The SMILES string of the molecule is CSC1(CNc2cc(C)ncn2)CC1. The van der Waals surface area contributed by atoms with Gasteiger partial charge in [0.05, 0.1) is 0 Å². The standard InChI is InChI=1S/C10H15N3S/c1-8-5-9(13-7-12-8)11-6-10(14-2)3-4-10/h5,7H,3-4,6H2,1-2H3,(H,11,12,13). The van der Waals surface area contributed by atoms with Gasteiger partial charge in [0.15, 0.2) is 0 Å². The molecule has 1 aliphatic rings. The van der Waals surface area contributed by atoms with Crippen molar-refractivity contribution in [1.29, 1.82) is 0 Å². The summed E-state index contributed by atoms with van der Waals surface area (Å²) < 4.78 is 0.485. The second-order valence-electron chi connectivity index (χ2n) is 3.79. The Kier molecular flexibility index (Phi) is 2.63. The van der Waals surface area contributed by atoms with E-state index in [0.717, 1.165) is 18.1 Å². The summed E-state index contributed by atoms with van der Waals surface area (Å²) in [7, 11) is 0. The highest BCUT2D eigenvalue weighted by Crippen LogP contribution is 2.46. The van der Waals surface area contributed by atoms with E-state index in [1.54, 1.807) is 6.33 Å². The first-order valence-electron chi connectivity index (χ1n) is 4.82. The molecule has 14 heavy (non-hydrogen) atoms. The Bertz CT molecular complexity index is 323. The minimum absolute atomic E-state index is 0.485. The fourth-order valence-electron chi connectivity index (χ4n) is 1.40. The lowest BCUT2D eigenvalue weighted by Crippen LogP contribution is -2.18. The van der Waals surface area contributed by atoms with E-state index >= 15 is 0 Å². The zero-order valence-electron chi connectivity index (χ0n) is 8.58. The number of anilines is 1. The third kappa shape index (κ3) is 2.18. The molecule has 2 rings (SSSR count). The molecule has 1 saturated carbocycles. The van der Waals surface area contributed by atoms with Crippen LogP contribution in [0.1, 0.15) is 18.5 Å². The number of rotatable bonds is 4. The molecule has 1 N–H and O–H groups in total. The molecule has 0 aromatic carbocycles. The smallest absolute Gasteiger partial charge is 0.129 e. The second kappa shape index (κ2) is 3.77. The van der Waals surface area contributed by atoms with E-state index in [-0.39, 0.29) is 0 Å². The lowest BCUT2D eigenvalue weighted by atomic mass is 10.4. The van der Waals surface area contributed by atoms with Crippen molar-refractivity contribution >= 4 is 17.6 Å². The van der Waals surface area contributed by atoms with E-state index in [9.17, 15) is 0 Å². The molecule has 0 unspecified atom stereocenters. The molecule has 0 bridgehead atoms. The van der Waals surface area contributed by atoms with Crippen molar-refractivity contribution < 1.29 is 0 Å². The monoisotopic (exact) mass is 209 g/mol. The maximum Gasteiger partial charge on any atom is 0.129 e. The summed E-state index contributed by atoms with van der Waals surface area (Å²) in [6, 6.07) is 1.98. The summed E-state index contributed by atoms with van der Waals surface area (Å²) in [6.45, 7) is 3.00. The van der Waals surface area contributed by atoms with Crippen LogP contribution in [0.5, 0.6) is 0 Å². The Morgan fingerprint density at radius 1 is 1.50 bits per heavy atom. The first-order chi connectivity index (χ1) is 6.74. The normalized spacial score (nSPS) is 17.9. The molecular formula is C10H15N3S. The zero-order chi connectivity index (χ0) is 10.0. The van der Waals surface area contributed by atoms with Crippen molar-refractivity contribution in [1.82, 2.24) is 9.97 Å². The van der Waals surface area contributed by atoms with Crippen molar-refractivity contribution in [2.45, 2.75) is 24.5 Å². The Hall–Kier alpha value is -0.770. The summed E-state index contributed by atoms with van der Waals surface area (Å²) in [5, 5.41) is 3.37. The van der Waals surface area contributed by atoms with E-state index in [0.29, 0.717) is 4.75 Å². The van der Waals surface area contributed by atoms with Crippen LogP contribution in [0.2, 0.25) is 0 Å². The molecule has 0 saturated heterocycles. The summed E-state index contributed by atoms with van der Waals surface area (Å²) in [5.74, 6) is 0.942. The third-order valence-electron chi connectivity index (χ3n) is 2.64. The van der Waals surface area contributed by atoms with Crippen LogP contribution in [-0.2, 0) is 0 Å². The number of thioether (sulfide) groups is 1. The lowest BCUT2D eigenvalue weighted by Gasteiger charge is -2.13. The molecule has 3 nitrogen and oxygen atoms in total. The van der Waals surface area contributed by atoms with Gasteiger partial charge >= 0.3 is 0 Å². The van der Waals surface area contributed by atoms with Gasteiger partial charge in [0.1, 0.15) is 12.1 Å². The summed E-state index contributed by atoms with van der Waals surface area (Å²) in [4.78, 5) is 8.24. The summed E-state index contributed by atoms with van der Waals surface area (Å²) in [5.41, 5.74) is 1.01. The van der Waals surface area contributed by atoms with Gasteiger partial charge in [-0.1, -0.05) is 0 Å². The molecule has 1 fully saturated rings. The first kappa shape index (κ1) is 9.77. The van der Waals surface area contributed by atoms with Crippen LogP contribution in [0.4, 0.5) is 5.82 Å². The lowest BCUT2D eigenvalue weighted by molar-refractivity contribution is 0.934. The Morgan fingerprint density at radius 2 is 2.29 bits per heavy atom. The van der Waals surface area contributed by atoms with Crippen LogP contribution in [0.15, 0.2) is 12.4 Å². The third-order valence-corrected chi connectivity index (χ3v) is 4.05. The molecule has 1 aromatic heterocycles. The van der Waals surface area contributed by atoms with Crippen molar-refractivity contribution in [3.05, 3.63) is 18.1 Å². The minimum atomic E-state index is 0.485. The van der Waals surface area contributed by atoms with Gasteiger partial charge in [0, 0.05) is 23.1 Å². The predicted octanol–water partition coefficient (Wildman–Crippen LogP) is 2.09. The molecule has 4 heteroatoms. The Labute approximate surface area is 88.7 Å². The van der Waals surface area contributed by atoms with Crippen LogP contribution in [0.25, 0.3) is 0 Å². The van der Waals surface area contributed by atoms with E-state index in [4.69, 9.17) is 0 Å². The van der Waals surface area contributed by atoms with Gasteiger partial charge in [-0.05, 0) is 26.0 Å². The number of nitrogens with zero attached hydrogens (tertiary/aromatic N) is 2. The number of hydrogen-bond donors (Lipinski definition) is 1. The van der Waals surface area contributed by atoms with Gasteiger partial charge in [-0.15, -0.1) is 0 Å². The number of hydrogen-bond acceptors (Lipinski definition) is 4. The maximum atomic E-state index is 4.17. The van der Waals surface area contributed by atoms with Crippen LogP contribution in [-0.4, -0.2) is 27.5 Å². The van der Waals surface area contributed by atoms with Crippen LogP contribution < -0.4 is 5.32 Å². The van der Waals surface area contributed by atoms with E-state index in [2.05, 4.69) is 21.5 Å². The summed E-state index contributed by atoms with van der Waals surface area (Å²) in [6.07, 6.45) is 6.44. The van der Waals surface area contributed by atoms with E-state index in [1.165, 1.54) is 12.8 Å². The Balaban J connectivity index is 1.92. The van der Waals surface area contributed by atoms with Gasteiger partial charge in [-0.25, -0.2) is 9.97 Å². The van der Waals surface area contributed by atoms with Crippen molar-refractivity contribution in [3.8, 4) is 0 Å². The van der Waals surface area contributed by atoms with Crippen molar-refractivity contribution in [2.75, 3.05) is 18.1 Å². The van der Waals surface area contributed by atoms with E-state index < -0.39 is 0 Å². The van der Waals surface area contributed by atoms with E-state index in [1.807, 2.05) is 24.8 Å². The maximum absolute atomic E-state index is 4.17. The highest BCUT2D eigenvalue weighted by atomic mass is 32.2. The molecule has 1 aromatic rings.